The van der Waals surface area contributed by atoms with Crippen LogP contribution >= 0.6 is 0 Å². The van der Waals surface area contributed by atoms with Crippen LogP contribution in [0.15, 0.2) is 17.2 Å². The molecule has 1 aromatic heterocycles. The molecule has 9 heteroatoms. The van der Waals surface area contributed by atoms with Gasteiger partial charge in [0.15, 0.2) is 0 Å². The second-order valence-corrected chi connectivity index (χ2v) is 8.46. The van der Waals surface area contributed by atoms with Crippen LogP contribution in [-0.4, -0.2) is 83.7 Å². The van der Waals surface area contributed by atoms with Gasteiger partial charge in [0, 0.05) is 38.4 Å². The molecule has 0 radical (unpaired) electrons. The third kappa shape index (κ3) is 4.00. The number of carbonyl (C=O) groups excluding carboxylic acids is 2. The highest BCUT2D eigenvalue weighted by Crippen LogP contribution is 2.48. The summed E-state index contributed by atoms with van der Waals surface area (Å²) in [6.45, 7) is 6.46. The van der Waals surface area contributed by atoms with Gasteiger partial charge in [-0.1, -0.05) is 0 Å². The zero-order chi connectivity index (χ0) is 21.1. The van der Waals surface area contributed by atoms with E-state index >= 15 is 0 Å². The standard InChI is InChI=1S/C21H30N4O5/c1-2-30-20(28)21-5-3-16(24-7-9-29-10-8-24)11-15(21)4-6-25(14-21)19(27)17-12-23-18(26)13-22-17/h12-13,15-16H,2-11,14H2,1H3,(H,23,26)/t15-,16-,21-/m1/s1. The summed E-state index contributed by atoms with van der Waals surface area (Å²) in [5, 5.41) is 0. The molecule has 164 valence electrons. The Morgan fingerprint density at radius 3 is 2.80 bits per heavy atom. The number of morpholine rings is 1. The number of piperidine rings is 1. The fourth-order valence-corrected chi connectivity index (χ4v) is 5.31. The molecule has 1 saturated carbocycles. The summed E-state index contributed by atoms with van der Waals surface area (Å²) in [5.41, 5.74) is -0.835. The smallest absolute Gasteiger partial charge is 0.314 e. The topological polar surface area (TPSA) is 105 Å². The number of esters is 1. The molecule has 1 N–H and O–H groups in total. The summed E-state index contributed by atoms with van der Waals surface area (Å²) in [4.78, 5) is 48.0. The summed E-state index contributed by atoms with van der Waals surface area (Å²) in [5.74, 6) is -0.267. The second kappa shape index (κ2) is 8.85. The monoisotopic (exact) mass is 418 g/mol. The molecule has 1 aliphatic carbocycles. The Labute approximate surface area is 175 Å². The quantitative estimate of drug-likeness (QED) is 0.717. The lowest BCUT2D eigenvalue weighted by Gasteiger charge is -2.52. The normalized spacial score (nSPS) is 29.8. The summed E-state index contributed by atoms with van der Waals surface area (Å²) >= 11 is 0. The van der Waals surface area contributed by atoms with Gasteiger partial charge in [0.05, 0.1) is 31.4 Å². The van der Waals surface area contributed by atoms with Crippen molar-refractivity contribution in [3.05, 3.63) is 28.4 Å². The van der Waals surface area contributed by atoms with E-state index in [0.717, 1.165) is 51.8 Å². The predicted molar refractivity (Wildman–Crippen MR) is 108 cm³/mol. The largest absolute Gasteiger partial charge is 0.466 e. The van der Waals surface area contributed by atoms with Crippen LogP contribution in [0.3, 0.4) is 0 Å². The minimum atomic E-state index is -0.672. The number of nitrogens with zero attached hydrogens (tertiary/aromatic N) is 3. The Hall–Kier alpha value is -2.26. The number of aromatic nitrogens is 2. The van der Waals surface area contributed by atoms with Crippen LogP contribution < -0.4 is 5.56 Å². The van der Waals surface area contributed by atoms with E-state index < -0.39 is 5.41 Å². The van der Waals surface area contributed by atoms with E-state index in [1.807, 2.05) is 6.92 Å². The molecule has 0 aromatic carbocycles. The Morgan fingerprint density at radius 2 is 2.10 bits per heavy atom. The zero-order valence-electron chi connectivity index (χ0n) is 17.5. The highest BCUT2D eigenvalue weighted by atomic mass is 16.5. The van der Waals surface area contributed by atoms with E-state index in [-0.39, 0.29) is 29.0 Å². The number of aromatic amines is 1. The average molecular weight is 418 g/mol. The lowest BCUT2D eigenvalue weighted by Crippen LogP contribution is -2.59. The zero-order valence-corrected chi connectivity index (χ0v) is 17.5. The lowest BCUT2D eigenvalue weighted by molar-refractivity contribution is -0.168. The number of likely N-dealkylation sites (tertiary alicyclic amines) is 1. The Balaban J connectivity index is 1.53. The van der Waals surface area contributed by atoms with E-state index in [1.165, 1.54) is 6.20 Å². The van der Waals surface area contributed by atoms with Crippen LogP contribution in [-0.2, 0) is 14.3 Å². The van der Waals surface area contributed by atoms with Gasteiger partial charge >= 0.3 is 5.97 Å². The molecule has 9 nitrogen and oxygen atoms in total. The fourth-order valence-electron chi connectivity index (χ4n) is 5.31. The summed E-state index contributed by atoms with van der Waals surface area (Å²) < 4.78 is 11.0. The number of nitrogens with one attached hydrogen (secondary N) is 1. The highest BCUT2D eigenvalue weighted by molar-refractivity contribution is 5.92. The average Bonchev–Trinajstić information content (AvgIpc) is 2.79. The van der Waals surface area contributed by atoms with E-state index in [1.54, 1.807) is 4.90 Å². The van der Waals surface area contributed by atoms with Crippen molar-refractivity contribution in [2.24, 2.45) is 11.3 Å². The van der Waals surface area contributed by atoms with Gasteiger partial charge in [0.25, 0.3) is 11.5 Å². The van der Waals surface area contributed by atoms with Crippen molar-refractivity contribution in [2.75, 3.05) is 46.0 Å². The van der Waals surface area contributed by atoms with Gasteiger partial charge in [-0.2, -0.15) is 0 Å². The van der Waals surface area contributed by atoms with Gasteiger partial charge in [0.1, 0.15) is 5.69 Å². The Kier molecular flexibility index (Phi) is 6.19. The lowest BCUT2D eigenvalue weighted by atomic mass is 9.61. The van der Waals surface area contributed by atoms with Crippen LogP contribution in [0.5, 0.6) is 0 Å². The van der Waals surface area contributed by atoms with Gasteiger partial charge in [-0.15, -0.1) is 0 Å². The molecule has 3 aliphatic rings. The van der Waals surface area contributed by atoms with Crippen molar-refractivity contribution >= 4 is 11.9 Å². The molecular weight excluding hydrogens is 388 g/mol. The first-order valence-electron chi connectivity index (χ1n) is 10.9. The maximum Gasteiger partial charge on any atom is 0.314 e. The first kappa shape index (κ1) is 21.0. The number of amides is 1. The maximum absolute atomic E-state index is 13.1. The molecule has 3 heterocycles. The SMILES string of the molecule is CCOC(=O)[C@@]12CC[C@@H](N3CCOCC3)C[C@H]1CCN(C(=O)c1c[nH]c(=O)cn1)C2. The van der Waals surface area contributed by atoms with Gasteiger partial charge in [-0.05, 0) is 38.5 Å². The summed E-state index contributed by atoms with van der Waals surface area (Å²) in [6, 6.07) is 0.449. The molecule has 0 spiro atoms. The molecular formula is C21H30N4O5. The van der Waals surface area contributed by atoms with Crippen LogP contribution in [0, 0.1) is 11.3 Å². The number of hydrogen-bond donors (Lipinski definition) is 1. The first-order chi connectivity index (χ1) is 14.5. The van der Waals surface area contributed by atoms with E-state index in [9.17, 15) is 14.4 Å². The third-order valence-electron chi connectivity index (χ3n) is 6.90. The minimum Gasteiger partial charge on any atom is -0.466 e. The van der Waals surface area contributed by atoms with E-state index in [4.69, 9.17) is 9.47 Å². The van der Waals surface area contributed by atoms with Crippen molar-refractivity contribution in [1.82, 2.24) is 19.8 Å². The molecule has 0 unspecified atom stereocenters. The number of hydrogen-bond acceptors (Lipinski definition) is 7. The van der Waals surface area contributed by atoms with Crippen molar-refractivity contribution in [1.29, 1.82) is 0 Å². The predicted octanol–water partition coefficient (Wildman–Crippen LogP) is 0.666. The minimum absolute atomic E-state index is 0.186. The molecule has 30 heavy (non-hydrogen) atoms. The van der Waals surface area contributed by atoms with Gasteiger partial charge in [-0.3, -0.25) is 19.3 Å². The molecule has 2 saturated heterocycles. The van der Waals surface area contributed by atoms with Crippen LogP contribution in [0.2, 0.25) is 0 Å². The molecule has 1 aromatic rings. The Morgan fingerprint density at radius 1 is 1.30 bits per heavy atom. The number of carbonyl (C=O) groups is 2. The number of ether oxygens (including phenoxy) is 2. The first-order valence-corrected chi connectivity index (χ1v) is 10.9. The van der Waals surface area contributed by atoms with E-state index in [0.29, 0.717) is 32.2 Å². The molecule has 2 aliphatic heterocycles. The second-order valence-electron chi connectivity index (χ2n) is 8.46. The fraction of sp³-hybridized carbons (Fsp3) is 0.714. The molecule has 3 atom stereocenters. The van der Waals surface area contributed by atoms with Crippen LogP contribution in [0.4, 0.5) is 0 Å². The number of fused-ring (bicyclic) bond motifs is 1. The maximum atomic E-state index is 13.1. The van der Waals surface area contributed by atoms with Crippen molar-refractivity contribution in [3.63, 3.8) is 0 Å². The number of rotatable bonds is 4. The molecule has 0 bridgehead atoms. The summed E-state index contributed by atoms with van der Waals surface area (Å²) in [6.07, 6.45) is 5.76. The Bertz CT molecular complexity index is 816. The molecule has 3 fully saturated rings. The van der Waals surface area contributed by atoms with E-state index in [2.05, 4.69) is 14.9 Å². The van der Waals surface area contributed by atoms with Crippen LogP contribution in [0.1, 0.15) is 43.1 Å². The van der Waals surface area contributed by atoms with Crippen molar-refractivity contribution < 1.29 is 19.1 Å². The highest BCUT2D eigenvalue weighted by Gasteiger charge is 2.54. The third-order valence-corrected chi connectivity index (χ3v) is 6.90. The van der Waals surface area contributed by atoms with Gasteiger partial charge in [0.2, 0.25) is 0 Å². The van der Waals surface area contributed by atoms with Crippen LogP contribution in [0.25, 0.3) is 0 Å². The van der Waals surface area contributed by atoms with Crippen molar-refractivity contribution in [3.8, 4) is 0 Å². The molecule has 1 amide bonds. The van der Waals surface area contributed by atoms with Gasteiger partial charge < -0.3 is 19.4 Å². The van der Waals surface area contributed by atoms with Gasteiger partial charge in [-0.25, -0.2) is 4.98 Å². The number of H-pyrrole nitrogens is 1. The van der Waals surface area contributed by atoms with Crippen molar-refractivity contribution in [2.45, 2.75) is 38.6 Å². The summed E-state index contributed by atoms with van der Waals surface area (Å²) in [7, 11) is 0. The molecule has 4 rings (SSSR count).